The van der Waals surface area contributed by atoms with Crippen LogP contribution in [0, 0.1) is 0 Å². The second-order valence-electron chi connectivity index (χ2n) is 7.60. The van der Waals surface area contributed by atoms with Crippen LogP contribution in [0.15, 0.2) is 71.8 Å². The Morgan fingerprint density at radius 3 is 2.29 bits per heavy atom. The highest BCUT2D eigenvalue weighted by molar-refractivity contribution is 6.39. The fraction of sp³-hybridized carbons (Fsp3) is 0.185. The van der Waals surface area contributed by atoms with Crippen LogP contribution in [0.1, 0.15) is 19.4 Å². The van der Waals surface area contributed by atoms with E-state index in [9.17, 15) is 14.4 Å². The number of carbonyl (C=O) groups is 3. The number of anilines is 2. The Labute approximate surface area is 224 Å². The lowest BCUT2D eigenvalue weighted by molar-refractivity contribution is -0.136. The van der Waals surface area contributed by atoms with E-state index in [0.717, 1.165) is 0 Å². The molecular formula is C27H27ClN4O6. The highest BCUT2D eigenvalue weighted by Gasteiger charge is 2.13. The molecule has 3 aromatic carbocycles. The molecule has 11 heteroatoms. The van der Waals surface area contributed by atoms with Crippen molar-refractivity contribution in [2.75, 3.05) is 30.5 Å². The van der Waals surface area contributed by atoms with Gasteiger partial charge in [-0.15, -0.1) is 0 Å². The fourth-order valence-corrected chi connectivity index (χ4v) is 3.29. The van der Waals surface area contributed by atoms with E-state index in [1.54, 1.807) is 60.7 Å². The monoisotopic (exact) mass is 538 g/mol. The standard InChI is InChI=1S/C27H27ClN4O6/c1-3-36-22-11-9-20(10-12-22)30-25(33)17-38-23-13-8-18(14-24(23)37-4-2)16-29-32-27(35)26(34)31-21-7-5-6-19(28)15-21/h5-16H,3-4,17H2,1-2H3,(H,30,33)(H,31,34)(H,32,35)/b29-16-. The summed E-state index contributed by atoms with van der Waals surface area (Å²) in [7, 11) is 0. The molecule has 3 rings (SSSR count). The molecule has 198 valence electrons. The molecule has 3 N–H and O–H groups in total. The number of carbonyl (C=O) groups excluding carboxylic acids is 3. The van der Waals surface area contributed by atoms with E-state index in [4.69, 9.17) is 25.8 Å². The zero-order chi connectivity index (χ0) is 27.3. The summed E-state index contributed by atoms with van der Waals surface area (Å²) < 4.78 is 16.6. The van der Waals surface area contributed by atoms with Crippen molar-refractivity contribution in [3.05, 3.63) is 77.3 Å². The molecular weight excluding hydrogens is 512 g/mol. The van der Waals surface area contributed by atoms with E-state index < -0.39 is 11.8 Å². The van der Waals surface area contributed by atoms with Crippen LogP contribution in [0.3, 0.4) is 0 Å². The second kappa shape index (κ2) is 14.2. The molecule has 10 nitrogen and oxygen atoms in total. The van der Waals surface area contributed by atoms with Gasteiger partial charge in [0.25, 0.3) is 5.91 Å². The molecule has 0 aliphatic heterocycles. The Bertz CT molecular complexity index is 1300. The molecule has 3 aromatic rings. The fourth-order valence-electron chi connectivity index (χ4n) is 3.10. The molecule has 0 saturated heterocycles. The molecule has 0 saturated carbocycles. The van der Waals surface area contributed by atoms with Crippen molar-refractivity contribution in [2.45, 2.75) is 13.8 Å². The molecule has 0 aliphatic rings. The zero-order valence-corrected chi connectivity index (χ0v) is 21.6. The zero-order valence-electron chi connectivity index (χ0n) is 20.8. The summed E-state index contributed by atoms with van der Waals surface area (Å²) in [4.78, 5) is 36.3. The maximum Gasteiger partial charge on any atom is 0.329 e. The van der Waals surface area contributed by atoms with Crippen molar-refractivity contribution in [2.24, 2.45) is 5.10 Å². The molecule has 0 bridgehead atoms. The van der Waals surface area contributed by atoms with Crippen molar-refractivity contribution in [3.8, 4) is 17.2 Å². The molecule has 0 aliphatic carbocycles. The van der Waals surface area contributed by atoms with Crippen LogP contribution in [-0.2, 0) is 14.4 Å². The van der Waals surface area contributed by atoms with Crippen molar-refractivity contribution in [3.63, 3.8) is 0 Å². The molecule has 0 spiro atoms. The summed E-state index contributed by atoms with van der Waals surface area (Å²) in [5.74, 6) is -0.740. The van der Waals surface area contributed by atoms with Gasteiger partial charge < -0.3 is 24.8 Å². The Kier molecular flexibility index (Phi) is 10.5. The minimum Gasteiger partial charge on any atom is -0.494 e. The second-order valence-corrected chi connectivity index (χ2v) is 8.03. The van der Waals surface area contributed by atoms with Gasteiger partial charge in [0, 0.05) is 16.4 Å². The third kappa shape index (κ3) is 8.82. The van der Waals surface area contributed by atoms with E-state index in [-0.39, 0.29) is 12.5 Å². The number of halogens is 1. The Morgan fingerprint density at radius 2 is 1.58 bits per heavy atom. The number of nitrogens with one attached hydrogen (secondary N) is 3. The largest absolute Gasteiger partial charge is 0.494 e. The average molecular weight is 539 g/mol. The quantitative estimate of drug-likeness (QED) is 0.190. The Balaban J connectivity index is 1.53. The highest BCUT2D eigenvalue weighted by Crippen LogP contribution is 2.28. The first-order valence-corrected chi connectivity index (χ1v) is 12.1. The number of nitrogens with zero attached hydrogens (tertiary/aromatic N) is 1. The minimum absolute atomic E-state index is 0.238. The molecule has 3 amide bonds. The number of rotatable bonds is 11. The number of hydrogen-bond acceptors (Lipinski definition) is 7. The third-order valence-electron chi connectivity index (χ3n) is 4.74. The molecule has 0 radical (unpaired) electrons. The van der Waals surface area contributed by atoms with Crippen LogP contribution in [0.5, 0.6) is 17.2 Å². The Morgan fingerprint density at radius 1 is 0.816 bits per heavy atom. The number of hydrogen-bond donors (Lipinski definition) is 3. The maximum atomic E-state index is 12.3. The van der Waals surface area contributed by atoms with Crippen LogP contribution in [0.25, 0.3) is 0 Å². The van der Waals surface area contributed by atoms with Gasteiger partial charge >= 0.3 is 11.8 Å². The minimum atomic E-state index is -0.954. The molecule has 0 atom stereocenters. The van der Waals surface area contributed by atoms with Crippen LogP contribution < -0.4 is 30.3 Å². The number of benzene rings is 3. The van der Waals surface area contributed by atoms with Gasteiger partial charge in [0.15, 0.2) is 18.1 Å². The lowest BCUT2D eigenvalue weighted by Gasteiger charge is -2.13. The third-order valence-corrected chi connectivity index (χ3v) is 4.98. The number of hydrazone groups is 1. The van der Waals surface area contributed by atoms with Crippen LogP contribution in [-0.4, -0.2) is 43.8 Å². The first kappa shape index (κ1) is 28.0. The summed E-state index contributed by atoms with van der Waals surface area (Å²) in [5, 5.41) is 9.41. The van der Waals surface area contributed by atoms with Crippen molar-refractivity contribution >= 4 is 46.9 Å². The van der Waals surface area contributed by atoms with Gasteiger partial charge in [-0.1, -0.05) is 17.7 Å². The van der Waals surface area contributed by atoms with E-state index >= 15 is 0 Å². The normalized spacial score (nSPS) is 10.5. The summed E-state index contributed by atoms with van der Waals surface area (Å²) in [6, 6.07) is 18.3. The topological polar surface area (TPSA) is 127 Å². The summed E-state index contributed by atoms with van der Waals surface area (Å²) in [6.07, 6.45) is 1.34. The van der Waals surface area contributed by atoms with Gasteiger partial charge in [-0.3, -0.25) is 14.4 Å². The average Bonchev–Trinajstić information content (AvgIpc) is 2.89. The smallest absolute Gasteiger partial charge is 0.329 e. The molecule has 0 aromatic heterocycles. The molecule has 0 unspecified atom stereocenters. The Hall–Kier alpha value is -4.57. The SMILES string of the molecule is CCOc1ccc(NC(=O)COc2ccc(/C=N\NC(=O)C(=O)Nc3cccc(Cl)c3)cc2OCC)cc1. The van der Waals surface area contributed by atoms with E-state index in [0.29, 0.717) is 52.4 Å². The predicted molar refractivity (Wildman–Crippen MR) is 145 cm³/mol. The van der Waals surface area contributed by atoms with Gasteiger partial charge in [0.05, 0.1) is 19.4 Å². The van der Waals surface area contributed by atoms with Crippen LogP contribution in [0.4, 0.5) is 11.4 Å². The molecule has 0 heterocycles. The van der Waals surface area contributed by atoms with Gasteiger partial charge in [0.1, 0.15) is 5.75 Å². The summed E-state index contributed by atoms with van der Waals surface area (Å²) in [6.45, 7) is 4.38. The van der Waals surface area contributed by atoms with Gasteiger partial charge in [0.2, 0.25) is 0 Å². The number of amides is 3. The van der Waals surface area contributed by atoms with Gasteiger partial charge in [-0.25, -0.2) is 5.43 Å². The lowest BCUT2D eigenvalue weighted by Crippen LogP contribution is -2.32. The van der Waals surface area contributed by atoms with E-state index in [1.165, 1.54) is 12.3 Å². The predicted octanol–water partition coefficient (Wildman–Crippen LogP) is 4.24. The van der Waals surface area contributed by atoms with Crippen molar-refractivity contribution in [1.82, 2.24) is 5.43 Å². The maximum absolute atomic E-state index is 12.3. The number of ether oxygens (including phenoxy) is 3. The van der Waals surface area contributed by atoms with Crippen molar-refractivity contribution in [1.29, 1.82) is 0 Å². The van der Waals surface area contributed by atoms with Gasteiger partial charge in [-0.2, -0.15) is 5.10 Å². The molecule has 38 heavy (non-hydrogen) atoms. The first-order chi connectivity index (χ1) is 18.4. The van der Waals surface area contributed by atoms with Crippen LogP contribution >= 0.6 is 11.6 Å². The van der Waals surface area contributed by atoms with Crippen molar-refractivity contribution < 1.29 is 28.6 Å². The highest BCUT2D eigenvalue weighted by atomic mass is 35.5. The molecule has 0 fully saturated rings. The van der Waals surface area contributed by atoms with E-state index in [2.05, 4.69) is 21.2 Å². The van der Waals surface area contributed by atoms with E-state index in [1.807, 2.05) is 13.8 Å². The summed E-state index contributed by atoms with van der Waals surface area (Å²) in [5.41, 5.74) is 3.72. The van der Waals surface area contributed by atoms with Crippen LogP contribution in [0.2, 0.25) is 5.02 Å². The summed E-state index contributed by atoms with van der Waals surface area (Å²) >= 11 is 5.87. The first-order valence-electron chi connectivity index (χ1n) is 11.7. The van der Waals surface area contributed by atoms with Gasteiger partial charge in [-0.05, 0) is 80.1 Å². The lowest BCUT2D eigenvalue weighted by atomic mass is 10.2.